The molecule has 1 N–H and O–H groups in total. The lowest BCUT2D eigenvalue weighted by molar-refractivity contribution is 0.137. The first-order chi connectivity index (χ1) is 8.34. The fourth-order valence-corrected chi connectivity index (χ4v) is 2.76. The molecule has 1 fully saturated rings. The van der Waals surface area contributed by atoms with Crippen molar-refractivity contribution in [1.29, 1.82) is 0 Å². The Balaban J connectivity index is 1.50. The fraction of sp³-hybridized carbons (Fsp3) is 0.600. The molecule has 2 atom stereocenters. The highest BCUT2D eigenvalue weighted by atomic mass is 16.5. The normalized spacial score (nSPS) is 24.2. The summed E-state index contributed by atoms with van der Waals surface area (Å²) in [5, 5.41) is 9.83. The summed E-state index contributed by atoms with van der Waals surface area (Å²) >= 11 is 0. The molecule has 0 spiro atoms. The lowest BCUT2D eigenvalue weighted by atomic mass is 9.94. The lowest BCUT2D eigenvalue weighted by Gasteiger charge is -2.11. The van der Waals surface area contributed by atoms with Crippen molar-refractivity contribution < 1.29 is 9.84 Å². The van der Waals surface area contributed by atoms with E-state index in [2.05, 4.69) is 12.1 Å². The van der Waals surface area contributed by atoms with Crippen LogP contribution in [0.3, 0.4) is 0 Å². The second kappa shape index (κ2) is 4.69. The van der Waals surface area contributed by atoms with Crippen molar-refractivity contribution in [1.82, 2.24) is 0 Å². The van der Waals surface area contributed by atoms with Crippen LogP contribution in [0.4, 0.5) is 0 Å². The smallest absolute Gasteiger partial charge is 0.122 e. The van der Waals surface area contributed by atoms with Gasteiger partial charge in [-0.1, -0.05) is 24.6 Å². The van der Waals surface area contributed by atoms with Gasteiger partial charge in [0.25, 0.3) is 0 Å². The molecule has 0 bridgehead atoms. The summed E-state index contributed by atoms with van der Waals surface area (Å²) in [5.74, 6) is 2.21. The van der Waals surface area contributed by atoms with Crippen molar-refractivity contribution in [3.05, 3.63) is 29.8 Å². The van der Waals surface area contributed by atoms with Crippen molar-refractivity contribution in [3.8, 4) is 5.75 Å². The predicted octanol–water partition coefficient (Wildman–Crippen LogP) is 3.10. The summed E-state index contributed by atoms with van der Waals surface area (Å²) in [7, 11) is 0. The van der Waals surface area contributed by atoms with Crippen molar-refractivity contribution in [2.45, 2.75) is 44.1 Å². The highest BCUT2D eigenvalue weighted by Gasteiger charge is 2.30. The number of para-hydroxylation sites is 1. The molecule has 2 unspecified atom stereocenters. The number of fused-ring (bicyclic) bond motifs is 1. The van der Waals surface area contributed by atoms with E-state index in [9.17, 15) is 5.11 Å². The monoisotopic (exact) mass is 232 g/mol. The Morgan fingerprint density at radius 2 is 2.12 bits per heavy atom. The number of ether oxygens (including phenoxy) is 1. The maximum atomic E-state index is 9.83. The van der Waals surface area contributed by atoms with Crippen molar-refractivity contribution >= 4 is 0 Å². The van der Waals surface area contributed by atoms with E-state index in [0.29, 0.717) is 11.8 Å². The topological polar surface area (TPSA) is 29.5 Å². The molecule has 17 heavy (non-hydrogen) atoms. The van der Waals surface area contributed by atoms with Crippen LogP contribution in [0.2, 0.25) is 0 Å². The molecule has 1 aliphatic carbocycles. The quantitative estimate of drug-likeness (QED) is 0.845. The van der Waals surface area contributed by atoms with E-state index in [4.69, 9.17) is 4.74 Å². The molecule has 3 rings (SSSR count). The van der Waals surface area contributed by atoms with E-state index < -0.39 is 0 Å². The third-order valence-corrected chi connectivity index (χ3v) is 4.02. The van der Waals surface area contributed by atoms with Gasteiger partial charge >= 0.3 is 0 Å². The molecule has 1 aromatic carbocycles. The maximum Gasteiger partial charge on any atom is 0.122 e. The number of aliphatic hydroxyl groups excluding tert-OH is 1. The Bertz CT molecular complexity index is 384. The van der Waals surface area contributed by atoms with Gasteiger partial charge in [0.1, 0.15) is 5.75 Å². The molecular weight excluding hydrogens is 212 g/mol. The molecule has 2 nitrogen and oxygen atoms in total. The zero-order chi connectivity index (χ0) is 11.7. The second-order valence-electron chi connectivity index (χ2n) is 5.38. The molecule has 92 valence electrons. The number of hydrogen-bond donors (Lipinski definition) is 1. The van der Waals surface area contributed by atoms with Crippen LogP contribution in [0.15, 0.2) is 24.3 Å². The third-order valence-electron chi connectivity index (χ3n) is 4.02. The second-order valence-corrected chi connectivity index (χ2v) is 5.38. The minimum absolute atomic E-state index is 0.0486. The van der Waals surface area contributed by atoms with Gasteiger partial charge < -0.3 is 9.84 Å². The largest absolute Gasteiger partial charge is 0.493 e. The van der Waals surface area contributed by atoms with Crippen molar-refractivity contribution in [2.24, 2.45) is 5.92 Å². The first-order valence-electron chi connectivity index (χ1n) is 6.74. The van der Waals surface area contributed by atoms with Gasteiger partial charge in [-0.2, -0.15) is 0 Å². The van der Waals surface area contributed by atoms with Gasteiger partial charge in [-0.25, -0.2) is 0 Å². The summed E-state index contributed by atoms with van der Waals surface area (Å²) in [6.45, 7) is 0.818. The van der Waals surface area contributed by atoms with Crippen LogP contribution in [0.5, 0.6) is 5.75 Å². The van der Waals surface area contributed by atoms with Gasteiger partial charge in [-0.05, 0) is 37.7 Å². The summed E-state index contributed by atoms with van der Waals surface area (Å²) in [4.78, 5) is 0. The Kier molecular flexibility index (Phi) is 3.06. The van der Waals surface area contributed by atoms with Gasteiger partial charge in [-0.3, -0.25) is 0 Å². The highest BCUT2D eigenvalue weighted by molar-refractivity contribution is 5.39. The van der Waals surface area contributed by atoms with E-state index in [-0.39, 0.29) is 6.10 Å². The van der Waals surface area contributed by atoms with E-state index >= 15 is 0 Å². The summed E-state index contributed by atoms with van der Waals surface area (Å²) in [6, 6.07) is 8.33. The minimum Gasteiger partial charge on any atom is -0.493 e. The molecule has 0 radical (unpaired) electrons. The molecule has 1 aliphatic heterocycles. The Morgan fingerprint density at radius 1 is 1.29 bits per heavy atom. The Labute approximate surface area is 103 Å². The van der Waals surface area contributed by atoms with Crippen LogP contribution in [-0.2, 0) is 0 Å². The van der Waals surface area contributed by atoms with E-state index in [1.807, 2.05) is 12.1 Å². The number of rotatable bonds is 5. The molecule has 2 heteroatoms. The summed E-state index contributed by atoms with van der Waals surface area (Å²) in [5.41, 5.74) is 1.36. The number of aliphatic hydroxyl groups is 1. The third kappa shape index (κ3) is 2.47. The molecule has 0 amide bonds. The minimum atomic E-state index is -0.0486. The average molecular weight is 232 g/mol. The molecule has 2 aliphatic rings. The first-order valence-corrected chi connectivity index (χ1v) is 6.74. The van der Waals surface area contributed by atoms with E-state index in [1.54, 1.807) is 0 Å². The van der Waals surface area contributed by atoms with Crippen LogP contribution in [0.1, 0.15) is 43.6 Å². The lowest BCUT2D eigenvalue weighted by Crippen LogP contribution is -2.10. The van der Waals surface area contributed by atoms with Crippen molar-refractivity contribution in [2.75, 3.05) is 6.61 Å². The van der Waals surface area contributed by atoms with Gasteiger partial charge in [0, 0.05) is 11.5 Å². The maximum absolute atomic E-state index is 9.83. The van der Waals surface area contributed by atoms with Crippen LogP contribution in [-0.4, -0.2) is 17.8 Å². The average Bonchev–Trinajstić information content (AvgIpc) is 3.12. The number of hydrogen-bond acceptors (Lipinski definition) is 2. The summed E-state index contributed by atoms with van der Waals surface area (Å²) < 4.78 is 5.67. The van der Waals surface area contributed by atoms with Crippen LogP contribution in [0, 0.1) is 5.92 Å². The first kappa shape index (κ1) is 11.1. The molecule has 1 saturated carbocycles. The number of benzene rings is 1. The van der Waals surface area contributed by atoms with Crippen LogP contribution in [0.25, 0.3) is 0 Å². The standard InChI is InChI=1S/C15H20O2/c16-14(11-8-9-11)6-3-4-12-10-17-15-7-2-1-5-13(12)15/h1-2,5,7,11-12,14,16H,3-4,6,8-10H2. The molecule has 1 aromatic rings. The van der Waals surface area contributed by atoms with Gasteiger partial charge in [0.05, 0.1) is 12.7 Å². The Hall–Kier alpha value is -1.02. The highest BCUT2D eigenvalue weighted by Crippen LogP contribution is 2.38. The summed E-state index contributed by atoms with van der Waals surface area (Å²) in [6.07, 6.45) is 5.63. The Morgan fingerprint density at radius 3 is 2.94 bits per heavy atom. The zero-order valence-corrected chi connectivity index (χ0v) is 10.1. The predicted molar refractivity (Wildman–Crippen MR) is 67.3 cm³/mol. The van der Waals surface area contributed by atoms with Crippen LogP contribution >= 0.6 is 0 Å². The molecule has 1 heterocycles. The van der Waals surface area contributed by atoms with Crippen LogP contribution < -0.4 is 4.74 Å². The van der Waals surface area contributed by atoms with Gasteiger partial charge in [0.2, 0.25) is 0 Å². The van der Waals surface area contributed by atoms with Gasteiger partial charge in [0.15, 0.2) is 0 Å². The van der Waals surface area contributed by atoms with Gasteiger partial charge in [-0.15, -0.1) is 0 Å². The SMILES string of the molecule is OC(CCCC1COc2ccccc21)C1CC1. The molecule has 0 saturated heterocycles. The fourth-order valence-electron chi connectivity index (χ4n) is 2.76. The van der Waals surface area contributed by atoms with Crippen molar-refractivity contribution in [3.63, 3.8) is 0 Å². The molecule has 0 aromatic heterocycles. The molecular formula is C15H20O2. The zero-order valence-electron chi connectivity index (χ0n) is 10.1. The van der Waals surface area contributed by atoms with E-state index in [1.165, 1.54) is 18.4 Å². The van der Waals surface area contributed by atoms with E-state index in [0.717, 1.165) is 31.6 Å².